The minimum absolute atomic E-state index is 0.115. The van der Waals surface area contributed by atoms with Crippen molar-refractivity contribution >= 4 is 15.8 Å². The lowest BCUT2D eigenvalue weighted by Crippen LogP contribution is -2.47. The predicted octanol–water partition coefficient (Wildman–Crippen LogP) is -0.0649. The fraction of sp³-hybridized carbons (Fsp3) is 0.909. The van der Waals surface area contributed by atoms with Crippen LogP contribution in [0.4, 0.5) is 0 Å². The van der Waals surface area contributed by atoms with Gasteiger partial charge in [0.05, 0.1) is 5.75 Å². The van der Waals surface area contributed by atoms with Crippen LogP contribution in [0.15, 0.2) is 0 Å². The van der Waals surface area contributed by atoms with Crippen LogP contribution in [0.1, 0.15) is 26.2 Å². The van der Waals surface area contributed by atoms with Crippen molar-refractivity contribution in [2.75, 3.05) is 32.1 Å². The van der Waals surface area contributed by atoms with Crippen LogP contribution in [-0.2, 0) is 14.6 Å². The van der Waals surface area contributed by atoms with Crippen molar-refractivity contribution in [3.8, 4) is 0 Å². The molecule has 0 aromatic rings. The first-order chi connectivity index (χ1) is 8.10. The van der Waals surface area contributed by atoms with E-state index in [1.54, 1.807) is 6.92 Å². The molecule has 0 saturated heterocycles. The molecule has 0 aliphatic rings. The minimum Gasteiger partial charge on any atom is -0.480 e. The average molecular weight is 280 g/mol. The molecule has 3 N–H and O–H groups in total. The zero-order chi connectivity index (χ0) is 14.4. The highest BCUT2D eigenvalue weighted by Gasteiger charge is 2.30. The van der Waals surface area contributed by atoms with Crippen molar-refractivity contribution in [1.29, 1.82) is 0 Å². The van der Waals surface area contributed by atoms with Gasteiger partial charge in [0.1, 0.15) is 15.4 Å². The molecular weight excluding hydrogens is 256 g/mol. The molecular formula is C11H24N2O4S. The van der Waals surface area contributed by atoms with Gasteiger partial charge in [0.25, 0.3) is 0 Å². The highest BCUT2D eigenvalue weighted by molar-refractivity contribution is 7.90. The third-order valence-corrected chi connectivity index (χ3v) is 3.99. The first-order valence-corrected chi connectivity index (χ1v) is 8.05. The number of nitrogens with zero attached hydrogens (tertiary/aromatic N) is 1. The normalized spacial score (nSPS) is 15.6. The van der Waals surface area contributed by atoms with Crippen molar-refractivity contribution in [3.05, 3.63) is 0 Å². The number of hydrogen-bond acceptors (Lipinski definition) is 5. The SMILES string of the molecule is CCC(N)(CCCN(C)CCS(C)(=O)=O)C(=O)O. The monoisotopic (exact) mass is 280 g/mol. The molecule has 0 aromatic heterocycles. The summed E-state index contributed by atoms with van der Waals surface area (Å²) >= 11 is 0. The molecule has 0 spiro atoms. The zero-order valence-corrected chi connectivity index (χ0v) is 12.2. The topological polar surface area (TPSA) is 101 Å². The summed E-state index contributed by atoms with van der Waals surface area (Å²) in [5, 5.41) is 8.99. The Morgan fingerprint density at radius 3 is 2.33 bits per heavy atom. The summed E-state index contributed by atoms with van der Waals surface area (Å²) in [6.07, 6.45) is 2.61. The van der Waals surface area contributed by atoms with E-state index in [4.69, 9.17) is 10.8 Å². The molecule has 0 aliphatic heterocycles. The van der Waals surface area contributed by atoms with Crippen LogP contribution in [0, 0.1) is 0 Å². The van der Waals surface area contributed by atoms with E-state index in [9.17, 15) is 13.2 Å². The van der Waals surface area contributed by atoms with E-state index in [1.807, 2.05) is 11.9 Å². The van der Waals surface area contributed by atoms with Gasteiger partial charge in [0, 0.05) is 12.8 Å². The van der Waals surface area contributed by atoms with Gasteiger partial charge in [-0.05, 0) is 32.9 Å². The summed E-state index contributed by atoms with van der Waals surface area (Å²) in [6, 6.07) is 0. The van der Waals surface area contributed by atoms with Gasteiger partial charge in [-0.15, -0.1) is 0 Å². The predicted molar refractivity (Wildman–Crippen MR) is 71.3 cm³/mol. The molecule has 0 fully saturated rings. The van der Waals surface area contributed by atoms with Gasteiger partial charge in [-0.25, -0.2) is 8.42 Å². The Morgan fingerprint density at radius 2 is 1.94 bits per heavy atom. The fourth-order valence-electron chi connectivity index (χ4n) is 1.53. The maximum absolute atomic E-state index is 11.0. The molecule has 0 bridgehead atoms. The van der Waals surface area contributed by atoms with E-state index in [-0.39, 0.29) is 5.75 Å². The second-order valence-corrected chi connectivity index (χ2v) is 7.11. The van der Waals surface area contributed by atoms with Crippen molar-refractivity contribution in [2.45, 2.75) is 31.7 Å². The first kappa shape index (κ1) is 17.3. The van der Waals surface area contributed by atoms with Crippen LogP contribution in [0.25, 0.3) is 0 Å². The molecule has 0 aliphatic carbocycles. The Labute approximate surface area is 109 Å². The smallest absolute Gasteiger partial charge is 0.323 e. The van der Waals surface area contributed by atoms with Gasteiger partial charge in [-0.1, -0.05) is 6.92 Å². The molecule has 1 unspecified atom stereocenters. The van der Waals surface area contributed by atoms with Gasteiger partial charge in [-0.2, -0.15) is 0 Å². The van der Waals surface area contributed by atoms with Gasteiger partial charge >= 0.3 is 5.97 Å². The summed E-state index contributed by atoms with van der Waals surface area (Å²) in [5.41, 5.74) is 4.59. The largest absolute Gasteiger partial charge is 0.480 e. The Kier molecular flexibility index (Phi) is 6.80. The number of carbonyl (C=O) groups is 1. The van der Waals surface area contributed by atoms with Crippen molar-refractivity contribution in [3.63, 3.8) is 0 Å². The standard InChI is InChI=1S/C11H24N2O4S/c1-4-11(12,10(14)15)6-5-7-13(2)8-9-18(3,16)17/h4-9,12H2,1-3H3,(H,14,15). The zero-order valence-electron chi connectivity index (χ0n) is 11.3. The number of carboxylic acid groups (broad SMARTS) is 1. The van der Waals surface area contributed by atoms with Crippen LogP contribution in [-0.4, -0.2) is 62.1 Å². The molecule has 0 heterocycles. The Hall–Kier alpha value is -0.660. The molecule has 1 atom stereocenters. The van der Waals surface area contributed by atoms with Crippen LogP contribution in [0.3, 0.4) is 0 Å². The van der Waals surface area contributed by atoms with Gasteiger partial charge in [-0.3, -0.25) is 4.79 Å². The molecule has 0 rings (SSSR count). The number of aliphatic carboxylic acids is 1. The second-order valence-electron chi connectivity index (χ2n) is 4.85. The highest BCUT2D eigenvalue weighted by atomic mass is 32.2. The summed E-state index contributed by atoms with van der Waals surface area (Å²) in [7, 11) is -1.14. The van der Waals surface area contributed by atoms with Crippen molar-refractivity contribution in [2.24, 2.45) is 5.73 Å². The number of sulfone groups is 1. The molecule has 0 aromatic carbocycles. The van der Waals surface area contributed by atoms with Crippen LogP contribution >= 0.6 is 0 Å². The number of rotatable bonds is 9. The average Bonchev–Trinajstić information content (AvgIpc) is 2.25. The Morgan fingerprint density at radius 1 is 1.39 bits per heavy atom. The maximum atomic E-state index is 11.0. The number of carboxylic acids is 1. The molecule has 108 valence electrons. The summed E-state index contributed by atoms with van der Waals surface area (Å²) in [4.78, 5) is 12.8. The van der Waals surface area contributed by atoms with E-state index >= 15 is 0 Å². The van der Waals surface area contributed by atoms with E-state index in [2.05, 4.69) is 0 Å². The Bertz CT molecular complexity index is 369. The summed E-state index contributed by atoms with van der Waals surface area (Å²) < 4.78 is 22.0. The number of hydrogen-bond donors (Lipinski definition) is 2. The molecule has 0 radical (unpaired) electrons. The second kappa shape index (κ2) is 7.06. The van der Waals surface area contributed by atoms with Gasteiger partial charge < -0.3 is 15.7 Å². The van der Waals surface area contributed by atoms with Crippen molar-refractivity contribution in [1.82, 2.24) is 4.90 Å². The molecule has 0 saturated carbocycles. The summed E-state index contributed by atoms with van der Waals surface area (Å²) in [5.74, 6) is -0.868. The quantitative estimate of drug-likeness (QED) is 0.613. The minimum atomic E-state index is -2.95. The fourth-order valence-corrected chi connectivity index (χ4v) is 2.18. The number of nitrogens with two attached hydrogens (primary N) is 1. The highest BCUT2D eigenvalue weighted by Crippen LogP contribution is 2.14. The molecule has 6 nitrogen and oxygen atoms in total. The first-order valence-electron chi connectivity index (χ1n) is 5.99. The summed E-state index contributed by atoms with van der Waals surface area (Å²) in [6.45, 7) is 2.85. The Balaban J connectivity index is 4.00. The van der Waals surface area contributed by atoms with E-state index in [1.165, 1.54) is 6.26 Å². The lowest BCUT2D eigenvalue weighted by atomic mass is 9.92. The van der Waals surface area contributed by atoms with E-state index < -0.39 is 21.3 Å². The molecule has 7 heteroatoms. The molecule has 0 amide bonds. The van der Waals surface area contributed by atoms with E-state index in [0.29, 0.717) is 32.4 Å². The van der Waals surface area contributed by atoms with Crippen LogP contribution in [0.2, 0.25) is 0 Å². The van der Waals surface area contributed by atoms with Crippen LogP contribution < -0.4 is 5.73 Å². The third-order valence-electron chi connectivity index (χ3n) is 3.06. The molecule has 18 heavy (non-hydrogen) atoms. The van der Waals surface area contributed by atoms with Crippen molar-refractivity contribution < 1.29 is 18.3 Å². The van der Waals surface area contributed by atoms with Gasteiger partial charge in [0.15, 0.2) is 0 Å². The maximum Gasteiger partial charge on any atom is 0.323 e. The van der Waals surface area contributed by atoms with Gasteiger partial charge in [0.2, 0.25) is 0 Å². The lowest BCUT2D eigenvalue weighted by Gasteiger charge is -2.24. The third kappa shape index (κ3) is 6.93. The van der Waals surface area contributed by atoms with E-state index in [0.717, 1.165) is 0 Å². The van der Waals surface area contributed by atoms with Crippen LogP contribution in [0.5, 0.6) is 0 Å². The lowest BCUT2D eigenvalue weighted by molar-refractivity contribution is -0.143.